The lowest BCUT2D eigenvalue weighted by molar-refractivity contribution is 0.0790. The number of hydrogen-bond acceptors (Lipinski definition) is 3. The lowest BCUT2D eigenvalue weighted by Crippen LogP contribution is -2.29. The summed E-state index contributed by atoms with van der Waals surface area (Å²) in [5.74, 6) is 0.761. The molecule has 0 fully saturated rings. The number of ether oxygens (including phenoxy) is 1. The number of aromatic nitrogens is 2. The van der Waals surface area contributed by atoms with Gasteiger partial charge >= 0.3 is 0 Å². The second kappa shape index (κ2) is 8.08. The molecule has 0 aliphatic heterocycles. The molecular formula is C22H25N3O2. The Morgan fingerprint density at radius 1 is 1.15 bits per heavy atom. The van der Waals surface area contributed by atoms with Crippen molar-refractivity contribution in [3.8, 4) is 17.0 Å². The summed E-state index contributed by atoms with van der Waals surface area (Å²) in [6.07, 6.45) is 0.726. The summed E-state index contributed by atoms with van der Waals surface area (Å²) in [4.78, 5) is 14.5. The first kappa shape index (κ1) is 18.7. The Hall–Kier alpha value is -3.08. The molecule has 0 aliphatic carbocycles. The first-order valence-electron chi connectivity index (χ1n) is 8.98. The van der Waals surface area contributed by atoms with Gasteiger partial charge in [0, 0.05) is 20.6 Å². The van der Waals surface area contributed by atoms with Crippen molar-refractivity contribution in [3.63, 3.8) is 0 Å². The Labute approximate surface area is 160 Å². The number of carbonyl (C=O) groups excluding carboxylic acids is 1. The first-order chi connectivity index (χ1) is 13.0. The molecule has 1 heterocycles. The molecule has 1 amide bonds. The predicted octanol–water partition coefficient (Wildman–Crippen LogP) is 3.72. The summed E-state index contributed by atoms with van der Waals surface area (Å²) >= 11 is 0. The van der Waals surface area contributed by atoms with E-state index in [9.17, 15) is 4.79 Å². The number of rotatable bonds is 6. The van der Waals surface area contributed by atoms with Crippen molar-refractivity contribution >= 4 is 5.91 Å². The van der Waals surface area contributed by atoms with Crippen LogP contribution in [0.2, 0.25) is 0 Å². The SMILES string of the molecule is COc1ccccc1CCN(C)C(=O)c1cc(-c2ccc(C)cc2)n(C)n1. The van der Waals surface area contributed by atoms with Crippen LogP contribution >= 0.6 is 0 Å². The van der Waals surface area contributed by atoms with Gasteiger partial charge in [-0.3, -0.25) is 9.48 Å². The Morgan fingerprint density at radius 3 is 2.56 bits per heavy atom. The van der Waals surface area contributed by atoms with Gasteiger partial charge in [-0.2, -0.15) is 5.10 Å². The van der Waals surface area contributed by atoms with Gasteiger partial charge in [-0.05, 0) is 36.6 Å². The number of carbonyl (C=O) groups is 1. The van der Waals surface area contributed by atoms with Gasteiger partial charge < -0.3 is 9.64 Å². The summed E-state index contributed by atoms with van der Waals surface area (Å²) in [5, 5.41) is 4.42. The van der Waals surface area contributed by atoms with Crippen LogP contribution < -0.4 is 4.74 Å². The van der Waals surface area contributed by atoms with E-state index in [1.165, 1.54) is 5.56 Å². The van der Waals surface area contributed by atoms with Crippen LogP contribution in [0.15, 0.2) is 54.6 Å². The fraction of sp³-hybridized carbons (Fsp3) is 0.273. The van der Waals surface area contributed by atoms with E-state index in [-0.39, 0.29) is 5.91 Å². The van der Waals surface area contributed by atoms with Crippen LogP contribution in [0.1, 0.15) is 21.6 Å². The van der Waals surface area contributed by atoms with E-state index in [0.29, 0.717) is 12.2 Å². The molecule has 2 aromatic carbocycles. The van der Waals surface area contributed by atoms with Gasteiger partial charge in [0.25, 0.3) is 5.91 Å². The second-order valence-corrected chi connectivity index (χ2v) is 6.69. The number of para-hydroxylation sites is 1. The van der Waals surface area contributed by atoms with Crippen LogP contribution in [0.25, 0.3) is 11.3 Å². The van der Waals surface area contributed by atoms with E-state index in [1.54, 1.807) is 23.7 Å². The van der Waals surface area contributed by atoms with Crippen LogP contribution in [-0.2, 0) is 13.5 Å². The highest BCUT2D eigenvalue weighted by Crippen LogP contribution is 2.21. The molecule has 0 atom stereocenters. The van der Waals surface area contributed by atoms with Crippen molar-refractivity contribution in [1.29, 1.82) is 0 Å². The van der Waals surface area contributed by atoms with Crippen molar-refractivity contribution in [1.82, 2.24) is 14.7 Å². The highest BCUT2D eigenvalue weighted by atomic mass is 16.5. The van der Waals surface area contributed by atoms with E-state index in [2.05, 4.69) is 24.2 Å². The molecule has 5 nitrogen and oxygen atoms in total. The Kier molecular flexibility index (Phi) is 5.60. The third kappa shape index (κ3) is 4.19. The van der Waals surface area contributed by atoms with Gasteiger partial charge in [0.15, 0.2) is 5.69 Å². The molecule has 5 heteroatoms. The molecule has 0 saturated heterocycles. The summed E-state index contributed by atoms with van der Waals surface area (Å²) < 4.78 is 7.14. The van der Waals surface area contributed by atoms with Gasteiger partial charge in [0.2, 0.25) is 0 Å². The summed E-state index contributed by atoms with van der Waals surface area (Å²) in [7, 11) is 5.33. The minimum Gasteiger partial charge on any atom is -0.496 e. The van der Waals surface area contributed by atoms with Crippen molar-refractivity contribution in [2.24, 2.45) is 7.05 Å². The first-order valence-corrected chi connectivity index (χ1v) is 8.98. The molecule has 0 radical (unpaired) electrons. The third-order valence-electron chi connectivity index (χ3n) is 4.70. The van der Waals surface area contributed by atoms with Gasteiger partial charge in [-0.25, -0.2) is 0 Å². The zero-order chi connectivity index (χ0) is 19.4. The molecule has 0 saturated carbocycles. The summed E-state index contributed by atoms with van der Waals surface area (Å²) in [6, 6.07) is 17.9. The lowest BCUT2D eigenvalue weighted by Gasteiger charge is -2.16. The van der Waals surface area contributed by atoms with E-state index in [0.717, 1.165) is 29.0 Å². The predicted molar refractivity (Wildman–Crippen MR) is 107 cm³/mol. The van der Waals surface area contributed by atoms with Gasteiger partial charge in [-0.15, -0.1) is 0 Å². The van der Waals surface area contributed by atoms with Crippen molar-refractivity contribution in [3.05, 3.63) is 71.4 Å². The molecule has 0 N–H and O–H groups in total. The van der Waals surface area contributed by atoms with E-state index in [1.807, 2.05) is 49.5 Å². The maximum Gasteiger partial charge on any atom is 0.274 e. The minimum atomic E-state index is -0.0844. The molecule has 27 heavy (non-hydrogen) atoms. The maximum absolute atomic E-state index is 12.8. The number of likely N-dealkylation sites (N-methyl/N-ethyl adjacent to an activating group) is 1. The van der Waals surface area contributed by atoms with Crippen molar-refractivity contribution < 1.29 is 9.53 Å². The molecule has 0 aliphatic rings. The van der Waals surface area contributed by atoms with E-state index >= 15 is 0 Å². The zero-order valence-corrected chi connectivity index (χ0v) is 16.3. The Bertz CT molecular complexity index is 929. The molecule has 140 valence electrons. The third-order valence-corrected chi connectivity index (χ3v) is 4.70. The monoisotopic (exact) mass is 363 g/mol. The molecule has 3 aromatic rings. The van der Waals surface area contributed by atoms with Crippen LogP contribution in [0.5, 0.6) is 5.75 Å². The zero-order valence-electron chi connectivity index (χ0n) is 16.3. The van der Waals surface area contributed by atoms with Crippen molar-refractivity contribution in [2.45, 2.75) is 13.3 Å². The molecular weight excluding hydrogens is 338 g/mol. The van der Waals surface area contributed by atoms with E-state index in [4.69, 9.17) is 4.74 Å². The van der Waals surface area contributed by atoms with Gasteiger partial charge in [-0.1, -0.05) is 48.0 Å². The lowest BCUT2D eigenvalue weighted by atomic mass is 10.1. The number of nitrogens with zero attached hydrogens (tertiary/aromatic N) is 3. The molecule has 0 bridgehead atoms. The smallest absolute Gasteiger partial charge is 0.274 e. The van der Waals surface area contributed by atoms with Crippen LogP contribution in [0, 0.1) is 6.92 Å². The highest BCUT2D eigenvalue weighted by Gasteiger charge is 2.18. The van der Waals surface area contributed by atoms with Gasteiger partial charge in [0.05, 0.1) is 12.8 Å². The Balaban J connectivity index is 1.72. The second-order valence-electron chi connectivity index (χ2n) is 6.69. The average molecular weight is 363 g/mol. The molecule has 0 spiro atoms. The van der Waals surface area contributed by atoms with Crippen LogP contribution in [0.4, 0.5) is 0 Å². The standard InChI is InChI=1S/C22H25N3O2/c1-16-9-11-17(12-10-16)20-15-19(23-25(20)3)22(26)24(2)14-13-18-7-5-6-8-21(18)27-4/h5-12,15H,13-14H2,1-4H3. The largest absolute Gasteiger partial charge is 0.496 e. The number of amides is 1. The normalized spacial score (nSPS) is 10.7. The van der Waals surface area contributed by atoms with Crippen molar-refractivity contribution in [2.75, 3.05) is 20.7 Å². The Morgan fingerprint density at radius 2 is 1.85 bits per heavy atom. The fourth-order valence-electron chi connectivity index (χ4n) is 3.06. The topological polar surface area (TPSA) is 47.4 Å². The summed E-state index contributed by atoms with van der Waals surface area (Å²) in [6.45, 7) is 2.65. The minimum absolute atomic E-state index is 0.0844. The number of methoxy groups -OCH3 is 1. The van der Waals surface area contributed by atoms with Crippen LogP contribution in [0.3, 0.4) is 0 Å². The number of hydrogen-bond donors (Lipinski definition) is 0. The average Bonchev–Trinajstić information content (AvgIpc) is 3.08. The number of aryl methyl sites for hydroxylation is 2. The highest BCUT2D eigenvalue weighted by molar-refractivity contribution is 5.93. The number of benzene rings is 2. The quantitative estimate of drug-likeness (QED) is 0.671. The molecule has 1 aromatic heterocycles. The van der Waals surface area contributed by atoms with Gasteiger partial charge in [0.1, 0.15) is 5.75 Å². The molecule has 3 rings (SSSR count). The molecule has 0 unspecified atom stereocenters. The van der Waals surface area contributed by atoms with E-state index < -0.39 is 0 Å². The fourth-order valence-corrected chi connectivity index (χ4v) is 3.06. The summed E-state index contributed by atoms with van der Waals surface area (Å²) in [5.41, 5.74) is 4.72. The van der Waals surface area contributed by atoms with Crippen LogP contribution in [-0.4, -0.2) is 41.3 Å². The maximum atomic E-state index is 12.8.